The van der Waals surface area contributed by atoms with Gasteiger partial charge in [0.1, 0.15) is 18.1 Å². The molecule has 150 valence electrons. The van der Waals surface area contributed by atoms with E-state index in [1.165, 1.54) is 30.5 Å². The Balaban J connectivity index is 1.41. The lowest BCUT2D eigenvalue weighted by Crippen LogP contribution is -2.46. The van der Waals surface area contributed by atoms with Crippen LogP contribution in [0.4, 0.5) is 5.95 Å². The van der Waals surface area contributed by atoms with Crippen LogP contribution in [-0.4, -0.2) is 62.3 Å². The number of nitrogens with zero attached hydrogens (tertiary/aromatic N) is 4. The zero-order valence-corrected chi connectivity index (χ0v) is 17.1. The van der Waals surface area contributed by atoms with E-state index < -0.39 is 0 Å². The first-order chi connectivity index (χ1) is 13.6. The zero-order chi connectivity index (χ0) is 19.6. The molecule has 2 heterocycles. The molecule has 6 nitrogen and oxygen atoms in total. The van der Waals surface area contributed by atoms with Gasteiger partial charge in [0.2, 0.25) is 5.95 Å². The molecule has 1 spiro atoms. The van der Waals surface area contributed by atoms with E-state index in [1.54, 1.807) is 7.11 Å². The maximum atomic E-state index is 5.97. The van der Waals surface area contributed by atoms with Gasteiger partial charge in [-0.3, -0.25) is 4.90 Å². The summed E-state index contributed by atoms with van der Waals surface area (Å²) in [6, 6.07) is 7.81. The second-order valence-electron chi connectivity index (χ2n) is 8.13. The highest BCUT2D eigenvalue weighted by molar-refractivity contribution is 5.39. The number of fused-ring (bicyclic) bond motifs is 2. The van der Waals surface area contributed by atoms with E-state index in [2.05, 4.69) is 9.88 Å². The molecule has 4 rings (SSSR count). The molecule has 6 heteroatoms. The van der Waals surface area contributed by atoms with Crippen molar-refractivity contribution < 1.29 is 9.47 Å². The zero-order valence-electron chi connectivity index (χ0n) is 17.1. The molecule has 28 heavy (non-hydrogen) atoms. The van der Waals surface area contributed by atoms with Crippen molar-refractivity contribution in [1.29, 1.82) is 0 Å². The molecule has 0 amide bonds. The third-order valence-electron chi connectivity index (χ3n) is 6.00. The normalized spacial score (nSPS) is 21.5. The summed E-state index contributed by atoms with van der Waals surface area (Å²) in [4.78, 5) is 14.0. The van der Waals surface area contributed by atoms with Crippen LogP contribution in [0, 0.1) is 0 Å². The van der Waals surface area contributed by atoms with Gasteiger partial charge in [-0.25, -0.2) is 9.97 Å². The van der Waals surface area contributed by atoms with Crippen molar-refractivity contribution in [2.24, 2.45) is 0 Å². The first-order valence-corrected chi connectivity index (χ1v) is 10.1. The number of methoxy groups -OCH3 is 1. The van der Waals surface area contributed by atoms with Gasteiger partial charge < -0.3 is 14.4 Å². The predicted octanol–water partition coefficient (Wildman–Crippen LogP) is 2.91. The fraction of sp³-hybridized carbons (Fsp3) is 0.545. The van der Waals surface area contributed by atoms with E-state index in [-0.39, 0.29) is 5.41 Å². The Morgan fingerprint density at radius 2 is 2.07 bits per heavy atom. The fourth-order valence-corrected chi connectivity index (χ4v) is 4.55. The third kappa shape index (κ3) is 3.78. The summed E-state index contributed by atoms with van der Waals surface area (Å²) in [7, 11) is 5.69. The minimum absolute atomic E-state index is 0.178. The van der Waals surface area contributed by atoms with E-state index >= 15 is 0 Å². The topological polar surface area (TPSA) is 50.7 Å². The molecule has 0 bridgehead atoms. The van der Waals surface area contributed by atoms with Crippen LogP contribution in [0.25, 0.3) is 0 Å². The number of anilines is 1. The van der Waals surface area contributed by atoms with E-state index in [9.17, 15) is 0 Å². The van der Waals surface area contributed by atoms with Gasteiger partial charge in [0.05, 0.1) is 12.8 Å². The van der Waals surface area contributed by atoms with Gasteiger partial charge >= 0.3 is 0 Å². The molecule has 1 atom stereocenters. The minimum Gasteiger partial charge on any atom is -0.497 e. The van der Waals surface area contributed by atoms with E-state index in [1.807, 2.05) is 49.5 Å². The average molecular weight is 383 g/mol. The summed E-state index contributed by atoms with van der Waals surface area (Å²) in [6.45, 7) is 3.80. The van der Waals surface area contributed by atoms with E-state index in [0.717, 1.165) is 43.5 Å². The number of aromatic nitrogens is 2. The van der Waals surface area contributed by atoms with Gasteiger partial charge in [-0.2, -0.15) is 0 Å². The lowest BCUT2D eigenvalue weighted by Gasteiger charge is -2.40. The number of hydrogen-bond acceptors (Lipinski definition) is 6. The Hall–Kier alpha value is -2.34. The van der Waals surface area contributed by atoms with Crippen molar-refractivity contribution in [3.8, 4) is 11.5 Å². The van der Waals surface area contributed by atoms with Gasteiger partial charge in [0.15, 0.2) is 0 Å². The number of benzene rings is 1. The van der Waals surface area contributed by atoms with Gasteiger partial charge in [-0.1, -0.05) is 6.07 Å². The van der Waals surface area contributed by atoms with Gasteiger partial charge in [-0.15, -0.1) is 0 Å². The molecular weight excluding hydrogens is 352 g/mol. The second kappa shape index (κ2) is 7.95. The van der Waals surface area contributed by atoms with Gasteiger partial charge in [0.25, 0.3) is 0 Å². The molecule has 1 aliphatic carbocycles. The molecule has 1 saturated heterocycles. The molecule has 0 radical (unpaired) electrons. The second-order valence-corrected chi connectivity index (χ2v) is 8.13. The molecule has 1 aliphatic heterocycles. The van der Waals surface area contributed by atoms with Crippen LogP contribution in [0.2, 0.25) is 0 Å². The third-order valence-corrected chi connectivity index (χ3v) is 6.00. The molecular formula is C22H30N4O2. The van der Waals surface area contributed by atoms with Crippen LogP contribution >= 0.6 is 0 Å². The number of piperidine rings is 1. The largest absolute Gasteiger partial charge is 0.497 e. The molecule has 2 aliphatic rings. The van der Waals surface area contributed by atoms with Crippen LogP contribution in [-0.2, 0) is 11.8 Å². The highest BCUT2D eigenvalue weighted by atomic mass is 16.5. The first-order valence-electron chi connectivity index (χ1n) is 10.1. The number of likely N-dealkylation sites (tertiary alicyclic amines) is 1. The number of rotatable bonds is 6. The monoisotopic (exact) mass is 382 g/mol. The molecule has 0 N–H and O–H groups in total. The summed E-state index contributed by atoms with van der Waals surface area (Å²) >= 11 is 0. The molecule has 2 aromatic rings. The lowest BCUT2D eigenvalue weighted by atomic mass is 9.77. The van der Waals surface area contributed by atoms with Crippen molar-refractivity contribution in [2.45, 2.75) is 31.1 Å². The number of aryl methyl sites for hydroxylation is 1. The molecule has 1 aromatic heterocycles. The number of hydrogen-bond donors (Lipinski definition) is 0. The predicted molar refractivity (Wildman–Crippen MR) is 111 cm³/mol. The summed E-state index contributed by atoms with van der Waals surface area (Å²) in [5.41, 5.74) is 2.79. The van der Waals surface area contributed by atoms with Crippen molar-refractivity contribution in [2.75, 3.05) is 52.3 Å². The van der Waals surface area contributed by atoms with Gasteiger partial charge in [0, 0.05) is 44.9 Å². The summed E-state index contributed by atoms with van der Waals surface area (Å²) in [5, 5.41) is 0. The smallest absolute Gasteiger partial charge is 0.225 e. The minimum atomic E-state index is 0.178. The van der Waals surface area contributed by atoms with Crippen LogP contribution in [0.3, 0.4) is 0 Å². The van der Waals surface area contributed by atoms with E-state index in [4.69, 9.17) is 14.5 Å². The first kappa shape index (κ1) is 19.0. The Morgan fingerprint density at radius 1 is 1.21 bits per heavy atom. The molecule has 1 fully saturated rings. The van der Waals surface area contributed by atoms with Crippen molar-refractivity contribution >= 4 is 5.95 Å². The average Bonchev–Trinajstić information content (AvgIpc) is 3.05. The van der Waals surface area contributed by atoms with Gasteiger partial charge in [-0.05, 0) is 49.9 Å². The lowest BCUT2D eigenvalue weighted by molar-refractivity contribution is 0.123. The number of ether oxygens (including phenoxy) is 2. The van der Waals surface area contributed by atoms with E-state index in [0.29, 0.717) is 6.61 Å². The van der Waals surface area contributed by atoms with Crippen molar-refractivity contribution in [3.63, 3.8) is 0 Å². The Labute approximate surface area is 167 Å². The summed E-state index contributed by atoms with van der Waals surface area (Å²) in [5.74, 6) is 2.51. The van der Waals surface area contributed by atoms with Crippen LogP contribution < -0.4 is 14.4 Å². The van der Waals surface area contributed by atoms with Crippen LogP contribution in [0.1, 0.15) is 30.5 Å². The van der Waals surface area contributed by atoms with Crippen LogP contribution in [0.5, 0.6) is 11.5 Å². The standard InChI is InChI=1S/C22H30N4O2/c1-25(2)21-23-15-17-8-10-22(20(17)24-21)9-5-11-26(16-22)12-13-28-19-7-4-6-18(14-19)27-3/h4,6-7,14-15H,5,8-13,16H2,1-3H3. The van der Waals surface area contributed by atoms with Crippen LogP contribution in [0.15, 0.2) is 30.5 Å². The fourth-order valence-electron chi connectivity index (χ4n) is 4.55. The Bertz CT molecular complexity index is 822. The summed E-state index contributed by atoms with van der Waals surface area (Å²) < 4.78 is 11.2. The molecule has 1 aromatic carbocycles. The molecule has 0 saturated carbocycles. The Morgan fingerprint density at radius 3 is 2.89 bits per heavy atom. The maximum Gasteiger partial charge on any atom is 0.225 e. The summed E-state index contributed by atoms with van der Waals surface area (Å²) in [6.07, 6.45) is 6.74. The van der Waals surface area contributed by atoms with Crippen molar-refractivity contribution in [1.82, 2.24) is 14.9 Å². The highest BCUT2D eigenvalue weighted by Crippen LogP contribution is 2.44. The van der Waals surface area contributed by atoms with Crippen molar-refractivity contribution in [3.05, 3.63) is 41.7 Å². The Kier molecular flexibility index (Phi) is 5.40. The maximum absolute atomic E-state index is 5.97. The SMILES string of the molecule is COc1cccc(OCCN2CCCC3(CCc4cnc(N(C)C)nc43)C2)c1. The molecule has 1 unspecified atom stereocenters. The highest BCUT2D eigenvalue weighted by Gasteiger charge is 2.43. The quantitative estimate of drug-likeness (QED) is 0.766.